The molecule has 0 spiro atoms. The lowest BCUT2D eigenvalue weighted by Crippen LogP contribution is -3.14. The van der Waals surface area contributed by atoms with Crippen LogP contribution in [0, 0.1) is 0 Å². The van der Waals surface area contributed by atoms with E-state index >= 15 is 0 Å². The lowest BCUT2D eigenvalue weighted by molar-refractivity contribution is -0.919. The van der Waals surface area contributed by atoms with Gasteiger partial charge >= 0.3 is 6.03 Å². The van der Waals surface area contributed by atoms with Gasteiger partial charge in [0.15, 0.2) is 6.54 Å². The molecular weight excluding hydrogens is 378 g/mol. The number of hydrogen-bond donors (Lipinski definition) is 3. The first-order valence-corrected chi connectivity index (χ1v) is 11.5. The molecule has 0 aromatic carbocycles. The van der Waals surface area contributed by atoms with Gasteiger partial charge in [0.25, 0.3) is 5.91 Å². The summed E-state index contributed by atoms with van der Waals surface area (Å²) in [5.41, 5.74) is 1.34. The monoisotopic (exact) mass is 404 g/mol. The Morgan fingerprint density at radius 3 is 2.74 bits per heavy atom. The zero-order valence-electron chi connectivity index (χ0n) is 15.3. The van der Waals surface area contributed by atoms with E-state index in [0.717, 1.165) is 38.6 Å². The van der Waals surface area contributed by atoms with Crippen molar-refractivity contribution in [3.8, 4) is 0 Å². The average molecular weight is 405 g/mol. The SMILES string of the molecule is O=C(C[NH+]1CCc2sccc2[C@H]1c1cccs1)NC(=O)NC1CCCCC1. The molecule has 0 radical (unpaired) electrons. The van der Waals surface area contributed by atoms with Crippen LogP contribution < -0.4 is 15.5 Å². The number of rotatable bonds is 4. The minimum atomic E-state index is -0.341. The van der Waals surface area contributed by atoms with Crippen LogP contribution in [0.15, 0.2) is 29.0 Å². The lowest BCUT2D eigenvalue weighted by Gasteiger charge is -2.31. The predicted molar refractivity (Wildman–Crippen MR) is 108 cm³/mol. The Balaban J connectivity index is 1.39. The van der Waals surface area contributed by atoms with Gasteiger partial charge in [-0.3, -0.25) is 10.1 Å². The molecule has 1 saturated carbocycles. The molecule has 1 aliphatic carbocycles. The molecular formula is C20H26N3O2S2+. The Morgan fingerprint density at radius 2 is 1.96 bits per heavy atom. The third-order valence-electron chi connectivity index (χ3n) is 5.58. The summed E-state index contributed by atoms with van der Waals surface area (Å²) in [6.07, 6.45) is 6.57. The van der Waals surface area contributed by atoms with Gasteiger partial charge in [0.1, 0.15) is 6.04 Å². The summed E-state index contributed by atoms with van der Waals surface area (Å²) >= 11 is 3.54. The highest BCUT2D eigenvalue weighted by Gasteiger charge is 2.35. The number of amides is 3. The second-order valence-electron chi connectivity index (χ2n) is 7.44. The number of nitrogens with one attached hydrogen (secondary N) is 3. The topological polar surface area (TPSA) is 62.6 Å². The Labute approximate surface area is 167 Å². The van der Waals surface area contributed by atoms with Crippen LogP contribution in [-0.2, 0) is 11.2 Å². The van der Waals surface area contributed by atoms with Gasteiger partial charge in [-0.15, -0.1) is 22.7 Å². The van der Waals surface area contributed by atoms with Crippen LogP contribution in [0.3, 0.4) is 0 Å². The number of quaternary nitrogens is 1. The Hall–Kier alpha value is -1.70. The molecule has 2 atom stereocenters. The zero-order chi connectivity index (χ0) is 18.6. The summed E-state index contributed by atoms with van der Waals surface area (Å²) in [6.45, 7) is 1.23. The minimum absolute atomic E-state index is 0.187. The van der Waals surface area contributed by atoms with E-state index in [1.807, 2.05) is 0 Å². The van der Waals surface area contributed by atoms with Crippen LogP contribution >= 0.6 is 22.7 Å². The lowest BCUT2D eigenvalue weighted by atomic mass is 9.96. The normalized spacial score (nSPS) is 22.8. The summed E-state index contributed by atoms with van der Waals surface area (Å²) in [4.78, 5) is 28.6. The maximum atomic E-state index is 12.5. The van der Waals surface area contributed by atoms with Crippen molar-refractivity contribution in [3.63, 3.8) is 0 Å². The van der Waals surface area contributed by atoms with Crippen molar-refractivity contribution in [3.05, 3.63) is 44.3 Å². The smallest absolute Gasteiger partial charge is 0.321 e. The van der Waals surface area contributed by atoms with Gasteiger partial charge in [0.2, 0.25) is 0 Å². The van der Waals surface area contributed by atoms with Crippen molar-refractivity contribution < 1.29 is 14.5 Å². The summed E-state index contributed by atoms with van der Waals surface area (Å²) in [5, 5.41) is 9.75. The van der Waals surface area contributed by atoms with Gasteiger partial charge in [0, 0.05) is 22.9 Å². The van der Waals surface area contributed by atoms with Crippen molar-refractivity contribution in [2.75, 3.05) is 13.1 Å². The molecule has 0 saturated heterocycles. The number of carbonyl (C=O) groups excluding carboxylic acids is 2. The third kappa shape index (κ3) is 4.42. The molecule has 1 aliphatic heterocycles. The summed E-state index contributed by atoms with van der Waals surface area (Å²) in [6, 6.07) is 6.46. The molecule has 3 heterocycles. The molecule has 2 aromatic heterocycles. The van der Waals surface area contributed by atoms with E-state index in [-0.39, 0.29) is 24.0 Å². The van der Waals surface area contributed by atoms with Crippen LogP contribution in [0.25, 0.3) is 0 Å². The highest BCUT2D eigenvalue weighted by atomic mass is 32.1. The first-order valence-electron chi connectivity index (χ1n) is 9.75. The van der Waals surface area contributed by atoms with E-state index in [0.29, 0.717) is 6.54 Å². The fourth-order valence-corrected chi connectivity index (χ4v) is 6.12. The summed E-state index contributed by atoms with van der Waals surface area (Å²) in [7, 11) is 0. The number of carbonyl (C=O) groups is 2. The zero-order valence-corrected chi connectivity index (χ0v) is 17.0. The number of fused-ring (bicyclic) bond motifs is 1. The average Bonchev–Trinajstić information content (AvgIpc) is 3.34. The van der Waals surface area contributed by atoms with Crippen molar-refractivity contribution >= 4 is 34.6 Å². The van der Waals surface area contributed by atoms with Gasteiger partial charge in [0.05, 0.1) is 11.4 Å². The first-order chi connectivity index (χ1) is 13.2. The van der Waals surface area contributed by atoms with Crippen molar-refractivity contribution in [1.82, 2.24) is 10.6 Å². The minimum Gasteiger partial charge on any atom is -0.335 e. The fraction of sp³-hybridized carbons (Fsp3) is 0.500. The van der Waals surface area contributed by atoms with Gasteiger partial charge in [-0.25, -0.2) is 4.79 Å². The fourth-order valence-electron chi connectivity index (χ4n) is 4.30. The third-order valence-corrected chi connectivity index (χ3v) is 7.51. The molecule has 4 rings (SSSR count). The van der Waals surface area contributed by atoms with Crippen LogP contribution in [0.4, 0.5) is 4.79 Å². The second-order valence-corrected chi connectivity index (χ2v) is 9.42. The second kappa shape index (κ2) is 8.54. The Morgan fingerprint density at radius 1 is 1.11 bits per heavy atom. The molecule has 5 nitrogen and oxygen atoms in total. The van der Waals surface area contributed by atoms with E-state index in [1.165, 1.54) is 26.6 Å². The van der Waals surface area contributed by atoms with E-state index < -0.39 is 0 Å². The summed E-state index contributed by atoms with van der Waals surface area (Å²) < 4.78 is 0. The van der Waals surface area contributed by atoms with Gasteiger partial charge in [-0.05, 0) is 35.7 Å². The molecule has 2 aromatic rings. The summed E-state index contributed by atoms with van der Waals surface area (Å²) in [5.74, 6) is -0.196. The molecule has 3 amide bonds. The van der Waals surface area contributed by atoms with Crippen molar-refractivity contribution in [2.24, 2.45) is 0 Å². The quantitative estimate of drug-likeness (QED) is 0.733. The number of thiophene rings is 2. The van der Waals surface area contributed by atoms with E-state index in [9.17, 15) is 9.59 Å². The molecule has 1 unspecified atom stereocenters. The Bertz CT molecular complexity index is 781. The standard InChI is InChI=1S/C20H25N3O2S2/c24-18(22-20(25)21-14-5-2-1-3-6-14)13-23-10-8-16-15(9-12-27-16)19(23)17-7-4-11-26-17/h4,7,9,11-12,14,19H,1-3,5-6,8,10,13H2,(H2,21,22,24,25)/p+1/t19-/m0/s1. The number of urea groups is 1. The highest BCUT2D eigenvalue weighted by molar-refractivity contribution is 7.10. The molecule has 27 heavy (non-hydrogen) atoms. The number of hydrogen-bond acceptors (Lipinski definition) is 4. The highest BCUT2D eigenvalue weighted by Crippen LogP contribution is 2.31. The van der Waals surface area contributed by atoms with Crippen LogP contribution in [0.1, 0.15) is 53.5 Å². The van der Waals surface area contributed by atoms with Crippen molar-refractivity contribution in [1.29, 1.82) is 0 Å². The van der Waals surface area contributed by atoms with Gasteiger partial charge in [-0.2, -0.15) is 0 Å². The largest absolute Gasteiger partial charge is 0.335 e. The van der Waals surface area contributed by atoms with Crippen LogP contribution in [0.2, 0.25) is 0 Å². The molecule has 7 heteroatoms. The van der Waals surface area contributed by atoms with E-state index in [2.05, 4.69) is 39.6 Å². The predicted octanol–water partition coefficient (Wildman–Crippen LogP) is 2.50. The van der Waals surface area contributed by atoms with Crippen LogP contribution in [-0.4, -0.2) is 31.1 Å². The van der Waals surface area contributed by atoms with E-state index in [4.69, 9.17) is 0 Å². The molecule has 1 fully saturated rings. The van der Waals surface area contributed by atoms with E-state index in [1.54, 1.807) is 22.7 Å². The maximum Gasteiger partial charge on any atom is 0.321 e. The first kappa shape index (κ1) is 18.7. The Kier molecular flexibility index (Phi) is 5.90. The molecule has 144 valence electrons. The molecule has 3 N–H and O–H groups in total. The van der Waals surface area contributed by atoms with Crippen molar-refractivity contribution in [2.45, 2.75) is 50.6 Å². The molecule has 0 bridgehead atoms. The van der Waals surface area contributed by atoms with Crippen LogP contribution in [0.5, 0.6) is 0 Å². The maximum absolute atomic E-state index is 12.5. The van der Waals surface area contributed by atoms with Gasteiger partial charge < -0.3 is 10.2 Å². The van der Waals surface area contributed by atoms with Gasteiger partial charge in [-0.1, -0.05) is 25.3 Å². The molecule has 2 aliphatic rings. The number of imide groups is 1.